The molecule has 0 radical (unpaired) electrons. The average molecular weight is 393 g/mol. The van der Waals surface area contributed by atoms with E-state index in [-0.39, 0.29) is 11.9 Å². The highest BCUT2D eigenvalue weighted by Gasteiger charge is 2.32. The number of hydrogen-bond acceptors (Lipinski definition) is 5. The standard InChI is InChI=1S/C23H24FN3O2/c1-16-14-18(24)6-7-19(16)21-20(5-3-9-26-21)23(28)22(17-4-2-8-25-15-17)27-10-12-29-13-11-27/h2-9,14-15,22-23,28H,10-13H2,1H3/t22-,23+/m0/s1. The summed E-state index contributed by atoms with van der Waals surface area (Å²) in [7, 11) is 0. The molecule has 1 fully saturated rings. The maximum absolute atomic E-state index is 13.6. The Morgan fingerprint density at radius 3 is 2.62 bits per heavy atom. The van der Waals surface area contributed by atoms with Crippen molar-refractivity contribution in [1.82, 2.24) is 14.9 Å². The first-order chi connectivity index (χ1) is 14.1. The van der Waals surface area contributed by atoms with Crippen LogP contribution in [0.5, 0.6) is 0 Å². The van der Waals surface area contributed by atoms with Gasteiger partial charge in [0.2, 0.25) is 0 Å². The zero-order valence-electron chi connectivity index (χ0n) is 16.3. The minimum Gasteiger partial charge on any atom is -0.386 e. The number of rotatable bonds is 5. The van der Waals surface area contributed by atoms with Crippen molar-refractivity contribution in [3.05, 3.63) is 83.6 Å². The summed E-state index contributed by atoms with van der Waals surface area (Å²) in [4.78, 5) is 11.0. The molecule has 1 aliphatic rings. The first-order valence-corrected chi connectivity index (χ1v) is 9.76. The van der Waals surface area contributed by atoms with Crippen molar-refractivity contribution in [2.24, 2.45) is 0 Å². The van der Waals surface area contributed by atoms with Crippen LogP contribution >= 0.6 is 0 Å². The second-order valence-corrected chi connectivity index (χ2v) is 7.22. The van der Waals surface area contributed by atoms with Crippen LogP contribution in [-0.4, -0.2) is 46.3 Å². The topological polar surface area (TPSA) is 58.5 Å². The van der Waals surface area contributed by atoms with Crippen LogP contribution in [-0.2, 0) is 4.74 Å². The van der Waals surface area contributed by atoms with Crippen molar-refractivity contribution in [3.8, 4) is 11.3 Å². The van der Waals surface area contributed by atoms with Gasteiger partial charge in [-0.15, -0.1) is 0 Å². The maximum atomic E-state index is 13.6. The number of aliphatic hydroxyl groups excluding tert-OH is 1. The number of morpholine rings is 1. The van der Waals surface area contributed by atoms with Gasteiger partial charge < -0.3 is 9.84 Å². The minimum absolute atomic E-state index is 0.281. The molecule has 1 N–H and O–H groups in total. The van der Waals surface area contributed by atoms with Crippen molar-refractivity contribution < 1.29 is 14.2 Å². The quantitative estimate of drug-likeness (QED) is 0.716. The van der Waals surface area contributed by atoms with Crippen LogP contribution in [0, 0.1) is 12.7 Å². The van der Waals surface area contributed by atoms with E-state index in [1.165, 1.54) is 12.1 Å². The number of nitrogens with zero attached hydrogens (tertiary/aromatic N) is 3. The molecule has 1 aliphatic heterocycles. The molecule has 6 heteroatoms. The molecular weight excluding hydrogens is 369 g/mol. The van der Waals surface area contributed by atoms with Crippen LogP contribution in [0.3, 0.4) is 0 Å². The summed E-state index contributed by atoms with van der Waals surface area (Å²) in [5.74, 6) is -0.286. The molecular formula is C23H24FN3O2. The van der Waals surface area contributed by atoms with E-state index in [1.54, 1.807) is 24.7 Å². The maximum Gasteiger partial charge on any atom is 0.123 e. The summed E-state index contributed by atoms with van der Waals surface area (Å²) in [5, 5.41) is 11.5. The van der Waals surface area contributed by atoms with Crippen LogP contribution < -0.4 is 0 Å². The zero-order valence-corrected chi connectivity index (χ0v) is 16.3. The van der Waals surface area contributed by atoms with Crippen molar-refractivity contribution in [2.75, 3.05) is 26.3 Å². The monoisotopic (exact) mass is 393 g/mol. The highest BCUT2D eigenvalue weighted by atomic mass is 19.1. The van der Waals surface area contributed by atoms with Gasteiger partial charge in [-0.2, -0.15) is 0 Å². The molecule has 0 spiro atoms. The Morgan fingerprint density at radius 1 is 1.10 bits per heavy atom. The van der Waals surface area contributed by atoms with Gasteiger partial charge in [0.15, 0.2) is 0 Å². The largest absolute Gasteiger partial charge is 0.386 e. The molecule has 150 valence electrons. The van der Waals surface area contributed by atoms with Crippen LogP contribution in [0.25, 0.3) is 11.3 Å². The molecule has 2 atom stereocenters. The summed E-state index contributed by atoms with van der Waals surface area (Å²) in [6.45, 7) is 4.55. The molecule has 3 aromatic rings. The second kappa shape index (κ2) is 8.78. The van der Waals surface area contributed by atoms with Crippen LogP contribution in [0.2, 0.25) is 0 Å². The normalized spacial score (nSPS) is 17.1. The van der Waals surface area contributed by atoms with Gasteiger partial charge in [-0.25, -0.2) is 4.39 Å². The van der Waals surface area contributed by atoms with Gasteiger partial charge in [0, 0.05) is 42.8 Å². The third-order valence-corrected chi connectivity index (χ3v) is 5.37. The van der Waals surface area contributed by atoms with Gasteiger partial charge in [0.05, 0.1) is 24.9 Å². The lowest BCUT2D eigenvalue weighted by molar-refractivity contribution is -0.0238. The van der Waals surface area contributed by atoms with Crippen molar-refractivity contribution in [2.45, 2.75) is 19.1 Å². The first-order valence-electron chi connectivity index (χ1n) is 9.76. The number of aromatic nitrogens is 2. The van der Waals surface area contributed by atoms with Gasteiger partial charge in [-0.05, 0) is 48.4 Å². The van der Waals surface area contributed by atoms with Gasteiger partial charge >= 0.3 is 0 Å². The SMILES string of the molecule is Cc1cc(F)ccc1-c1ncccc1[C@@H](O)[C@H](c1cccnc1)N1CCOCC1. The molecule has 0 saturated carbocycles. The Hall–Kier alpha value is -2.67. The summed E-state index contributed by atoms with van der Waals surface area (Å²) in [6.07, 6.45) is 4.39. The molecule has 0 bridgehead atoms. The van der Waals surface area contributed by atoms with Gasteiger partial charge in [-0.3, -0.25) is 14.9 Å². The molecule has 0 unspecified atom stereocenters. The second-order valence-electron chi connectivity index (χ2n) is 7.22. The summed E-state index contributed by atoms with van der Waals surface area (Å²) in [5.41, 5.74) is 3.91. The number of aliphatic hydroxyl groups is 1. The number of hydrogen-bond donors (Lipinski definition) is 1. The molecule has 3 heterocycles. The smallest absolute Gasteiger partial charge is 0.123 e. The van der Waals surface area contributed by atoms with E-state index >= 15 is 0 Å². The zero-order chi connectivity index (χ0) is 20.2. The lowest BCUT2D eigenvalue weighted by Gasteiger charge is -2.37. The lowest BCUT2D eigenvalue weighted by atomic mass is 9.91. The molecule has 29 heavy (non-hydrogen) atoms. The summed E-state index contributed by atoms with van der Waals surface area (Å²) in [6, 6.07) is 11.9. The fourth-order valence-electron chi connectivity index (χ4n) is 3.94. The fourth-order valence-corrected chi connectivity index (χ4v) is 3.94. The number of halogens is 1. The highest BCUT2D eigenvalue weighted by molar-refractivity contribution is 5.67. The van der Waals surface area contributed by atoms with Gasteiger partial charge in [0.25, 0.3) is 0 Å². The summed E-state index contributed by atoms with van der Waals surface area (Å²) < 4.78 is 19.1. The van der Waals surface area contributed by atoms with Crippen molar-refractivity contribution >= 4 is 0 Å². The molecule has 1 saturated heterocycles. The van der Waals surface area contributed by atoms with Gasteiger partial charge in [-0.1, -0.05) is 12.1 Å². The minimum atomic E-state index is -0.828. The van der Waals surface area contributed by atoms with Gasteiger partial charge in [0.1, 0.15) is 11.9 Å². The average Bonchev–Trinajstić information content (AvgIpc) is 2.75. The number of ether oxygens (including phenoxy) is 1. The highest BCUT2D eigenvalue weighted by Crippen LogP contribution is 2.38. The van der Waals surface area contributed by atoms with Crippen LogP contribution in [0.15, 0.2) is 61.1 Å². The van der Waals surface area contributed by atoms with Crippen LogP contribution in [0.4, 0.5) is 4.39 Å². The van der Waals surface area contributed by atoms with E-state index in [0.717, 1.165) is 29.8 Å². The number of aryl methyl sites for hydroxylation is 1. The Labute approximate surface area is 169 Å². The molecule has 1 aromatic carbocycles. The van der Waals surface area contributed by atoms with Crippen molar-refractivity contribution in [3.63, 3.8) is 0 Å². The third kappa shape index (κ3) is 4.19. The van der Waals surface area contributed by atoms with E-state index in [0.29, 0.717) is 24.5 Å². The third-order valence-electron chi connectivity index (χ3n) is 5.37. The number of pyridine rings is 2. The Bertz CT molecular complexity index is 961. The van der Waals surface area contributed by atoms with E-state index in [9.17, 15) is 9.50 Å². The first kappa shape index (κ1) is 19.6. The molecule has 2 aromatic heterocycles. The van der Waals surface area contributed by atoms with E-state index in [2.05, 4.69) is 14.9 Å². The Morgan fingerprint density at radius 2 is 1.90 bits per heavy atom. The predicted octanol–water partition coefficient (Wildman–Crippen LogP) is 3.70. The van der Waals surface area contributed by atoms with Crippen LogP contribution in [0.1, 0.15) is 28.8 Å². The van der Waals surface area contributed by atoms with Crippen molar-refractivity contribution in [1.29, 1.82) is 0 Å². The van der Waals surface area contributed by atoms with E-state index < -0.39 is 6.10 Å². The number of benzene rings is 1. The van der Waals surface area contributed by atoms with E-state index in [4.69, 9.17) is 4.74 Å². The Balaban J connectivity index is 1.78. The molecule has 5 nitrogen and oxygen atoms in total. The van der Waals surface area contributed by atoms with E-state index in [1.807, 2.05) is 31.2 Å². The lowest BCUT2D eigenvalue weighted by Crippen LogP contribution is -2.41. The molecule has 4 rings (SSSR count). The summed E-state index contributed by atoms with van der Waals surface area (Å²) >= 11 is 0. The Kier molecular flexibility index (Phi) is 5.94. The molecule has 0 aliphatic carbocycles. The predicted molar refractivity (Wildman–Crippen MR) is 109 cm³/mol. The molecule has 0 amide bonds. The fraction of sp³-hybridized carbons (Fsp3) is 0.304.